The molecular weight excluding hydrogens is 280 g/mol. The van der Waals surface area contributed by atoms with E-state index in [1.165, 1.54) is 12.8 Å². The molecule has 0 bridgehead atoms. The van der Waals surface area contributed by atoms with Gasteiger partial charge < -0.3 is 5.32 Å². The van der Waals surface area contributed by atoms with Crippen molar-refractivity contribution in [3.05, 3.63) is 46.0 Å². The highest BCUT2D eigenvalue weighted by Gasteiger charge is 2.34. The quantitative estimate of drug-likeness (QED) is 0.891. The topological polar surface area (TPSA) is 79.8 Å². The van der Waals surface area contributed by atoms with E-state index in [9.17, 15) is 9.59 Å². The third-order valence-corrected chi connectivity index (χ3v) is 4.74. The van der Waals surface area contributed by atoms with E-state index in [2.05, 4.69) is 15.4 Å². The number of carbonyl (C=O) groups excluding carboxylic acids is 1. The smallest absolute Gasteiger partial charge is 0.270 e. The Hall–Kier alpha value is -2.37. The lowest BCUT2D eigenvalue weighted by Crippen LogP contribution is -2.27. The number of carbonyl (C=O) groups is 1. The molecule has 0 aromatic carbocycles. The summed E-state index contributed by atoms with van der Waals surface area (Å²) in [6, 6.07) is 4.04. The average Bonchev–Trinajstić information content (AvgIpc) is 3.16. The fourth-order valence-corrected chi connectivity index (χ4v) is 3.69. The Bertz CT molecular complexity index is 756. The number of hydrogen-bond donors (Lipinski definition) is 2. The van der Waals surface area contributed by atoms with Crippen LogP contribution in [0, 0.1) is 0 Å². The first-order valence-corrected chi connectivity index (χ1v) is 7.78. The van der Waals surface area contributed by atoms with Crippen molar-refractivity contribution >= 4 is 11.7 Å². The maximum Gasteiger partial charge on any atom is 0.270 e. The first-order valence-electron chi connectivity index (χ1n) is 7.78. The molecule has 4 rings (SSSR count). The Labute approximate surface area is 127 Å². The highest BCUT2D eigenvalue weighted by Crippen LogP contribution is 2.38. The highest BCUT2D eigenvalue weighted by atomic mass is 16.2. The Morgan fingerprint density at radius 1 is 1.23 bits per heavy atom. The Morgan fingerprint density at radius 2 is 2.05 bits per heavy atom. The number of anilines is 1. The van der Waals surface area contributed by atoms with Gasteiger partial charge in [-0.1, -0.05) is 18.9 Å². The Morgan fingerprint density at radius 3 is 2.77 bits per heavy atom. The molecular formula is C16H18N4O2. The standard InChI is InChI=1S/C16H18N4O2/c21-13-8-12(10-4-3-7-17-9-10)14-15(18-13)20(19-16(14)22)11-5-1-2-6-11/h3-4,7,9,11-12H,1-2,5-6,8H2,(H,18,21)(H,19,22)/t12-/m0/s1. The first-order chi connectivity index (χ1) is 10.7. The van der Waals surface area contributed by atoms with Gasteiger partial charge in [0.05, 0.1) is 11.6 Å². The number of aromatic amines is 1. The molecule has 0 saturated heterocycles. The number of amides is 1. The number of pyridine rings is 1. The Balaban J connectivity index is 1.84. The van der Waals surface area contributed by atoms with E-state index in [0.29, 0.717) is 11.4 Å². The van der Waals surface area contributed by atoms with Crippen LogP contribution >= 0.6 is 0 Å². The van der Waals surface area contributed by atoms with E-state index in [1.807, 2.05) is 16.8 Å². The van der Waals surface area contributed by atoms with Gasteiger partial charge in [0.15, 0.2) is 0 Å². The largest absolute Gasteiger partial charge is 0.311 e. The van der Waals surface area contributed by atoms with Crippen LogP contribution in [0.3, 0.4) is 0 Å². The summed E-state index contributed by atoms with van der Waals surface area (Å²) in [5.41, 5.74) is 1.48. The third-order valence-electron chi connectivity index (χ3n) is 4.74. The van der Waals surface area contributed by atoms with Gasteiger partial charge in [0.2, 0.25) is 5.91 Å². The van der Waals surface area contributed by atoms with Gasteiger partial charge in [0.1, 0.15) is 5.82 Å². The van der Waals surface area contributed by atoms with Gasteiger partial charge in [0, 0.05) is 24.7 Å². The molecule has 0 spiro atoms. The molecule has 0 radical (unpaired) electrons. The van der Waals surface area contributed by atoms with Crippen LogP contribution < -0.4 is 10.9 Å². The van der Waals surface area contributed by atoms with Crippen molar-refractivity contribution in [2.45, 2.75) is 44.1 Å². The monoisotopic (exact) mass is 298 g/mol. The molecule has 2 aliphatic rings. The van der Waals surface area contributed by atoms with Crippen molar-refractivity contribution < 1.29 is 4.79 Å². The van der Waals surface area contributed by atoms with Crippen LogP contribution in [-0.4, -0.2) is 20.7 Å². The summed E-state index contributed by atoms with van der Waals surface area (Å²) < 4.78 is 1.88. The molecule has 114 valence electrons. The molecule has 22 heavy (non-hydrogen) atoms. The van der Waals surface area contributed by atoms with Crippen molar-refractivity contribution in [1.82, 2.24) is 14.8 Å². The molecule has 1 saturated carbocycles. The van der Waals surface area contributed by atoms with Crippen molar-refractivity contribution in [3.63, 3.8) is 0 Å². The van der Waals surface area contributed by atoms with E-state index >= 15 is 0 Å². The van der Waals surface area contributed by atoms with Crippen LogP contribution in [0.15, 0.2) is 29.3 Å². The van der Waals surface area contributed by atoms with Gasteiger partial charge in [0.25, 0.3) is 5.56 Å². The molecule has 2 N–H and O–H groups in total. The maximum absolute atomic E-state index is 12.5. The first kappa shape index (κ1) is 13.3. The SMILES string of the molecule is O=C1C[C@@H](c2cccnc2)c2c(n(C3CCCC3)[nH]c2=O)N1. The van der Waals surface area contributed by atoms with Crippen molar-refractivity contribution in [2.75, 3.05) is 5.32 Å². The van der Waals surface area contributed by atoms with Crippen LogP contribution in [0.2, 0.25) is 0 Å². The summed E-state index contributed by atoms with van der Waals surface area (Å²) in [6.45, 7) is 0. The predicted octanol–water partition coefficient (Wildman–Crippen LogP) is 2.16. The summed E-state index contributed by atoms with van der Waals surface area (Å²) in [6.07, 6.45) is 8.14. The Kier molecular flexibility index (Phi) is 3.10. The number of H-pyrrole nitrogens is 1. The second-order valence-electron chi connectivity index (χ2n) is 6.10. The van der Waals surface area contributed by atoms with Crippen molar-refractivity contribution in [2.24, 2.45) is 0 Å². The lowest BCUT2D eigenvalue weighted by Gasteiger charge is -2.24. The molecule has 2 aromatic rings. The minimum Gasteiger partial charge on any atom is -0.311 e. The van der Waals surface area contributed by atoms with Gasteiger partial charge in [-0.2, -0.15) is 0 Å². The number of nitrogens with one attached hydrogen (secondary N) is 2. The van der Waals surface area contributed by atoms with Gasteiger partial charge in [-0.15, -0.1) is 0 Å². The van der Waals surface area contributed by atoms with Crippen LogP contribution in [0.5, 0.6) is 0 Å². The predicted molar refractivity (Wildman–Crippen MR) is 81.9 cm³/mol. The minimum atomic E-state index is -0.219. The molecule has 1 aliphatic heterocycles. The summed E-state index contributed by atoms with van der Waals surface area (Å²) in [4.78, 5) is 28.7. The van der Waals surface area contributed by atoms with Gasteiger partial charge in [-0.3, -0.25) is 24.4 Å². The van der Waals surface area contributed by atoms with Crippen molar-refractivity contribution in [1.29, 1.82) is 0 Å². The molecule has 0 unspecified atom stereocenters. The molecule has 1 fully saturated rings. The molecule has 2 aromatic heterocycles. The van der Waals surface area contributed by atoms with Crippen LogP contribution in [0.4, 0.5) is 5.82 Å². The summed E-state index contributed by atoms with van der Waals surface area (Å²) >= 11 is 0. The lowest BCUT2D eigenvalue weighted by molar-refractivity contribution is -0.116. The average molecular weight is 298 g/mol. The molecule has 1 aliphatic carbocycles. The van der Waals surface area contributed by atoms with E-state index in [-0.39, 0.29) is 29.8 Å². The number of nitrogens with zero attached hydrogens (tertiary/aromatic N) is 2. The fraction of sp³-hybridized carbons (Fsp3) is 0.438. The zero-order valence-electron chi connectivity index (χ0n) is 12.2. The van der Waals surface area contributed by atoms with E-state index in [1.54, 1.807) is 12.4 Å². The number of aromatic nitrogens is 3. The van der Waals surface area contributed by atoms with E-state index in [0.717, 1.165) is 18.4 Å². The van der Waals surface area contributed by atoms with Crippen LogP contribution in [-0.2, 0) is 4.79 Å². The van der Waals surface area contributed by atoms with Gasteiger partial charge in [-0.25, -0.2) is 0 Å². The number of fused-ring (bicyclic) bond motifs is 1. The number of rotatable bonds is 2. The van der Waals surface area contributed by atoms with E-state index in [4.69, 9.17) is 0 Å². The molecule has 6 nitrogen and oxygen atoms in total. The molecule has 1 atom stereocenters. The molecule has 3 heterocycles. The van der Waals surface area contributed by atoms with Gasteiger partial charge >= 0.3 is 0 Å². The third kappa shape index (κ3) is 2.06. The summed E-state index contributed by atoms with van der Waals surface area (Å²) in [5.74, 6) is 0.387. The molecule has 1 amide bonds. The minimum absolute atomic E-state index is 0.0490. The van der Waals surface area contributed by atoms with Gasteiger partial charge in [-0.05, 0) is 24.5 Å². The highest BCUT2D eigenvalue weighted by molar-refractivity contribution is 5.94. The summed E-state index contributed by atoms with van der Waals surface area (Å²) in [5, 5.41) is 5.84. The second kappa shape index (κ2) is 5.12. The normalized spacial score (nSPS) is 21.6. The van der Waals surface area contributed by atoms with Crippen LogP contribution in [0.1, 0.15) is 55.2 Å². The maximum atomic E-state index is 12.5. The zero-order chi connectivity index (χ0) is 15.1. The van der Waals surface area contributed by atoms with Crippen LogP contribution in [0.25, 0.3) is 0 Å². The zero-order valence-corrected chi connectivity index (χ0v) is 12.2. The van der Waals surface area contributed by atoms with E-state index < -0.39 is 0 Å². The summed E-state index contributed by atoms with van der Waals surface area (Å²) in [7, 11) is 0. The fourth-order valence-electron chi connectivity index (χ4n) is 3.69. The number of hydrogen-bond acceptors (Lipinski definition) is 3. The lowest BCUT2D eigenvalue weighted by atomic mass is 9.88. The van der Waals surface area contributed by atoms with Crippen molar-refractivity contribution in [3.8, 4) is 0 Å². The molecule has 6 heteroatoms. The second-order valence-corrected chi connectivity index (χ2v) is 6.10.